The molecule has 1 saturated carbocycles. The summed E-state index contributed by atoms with van der Waals surface area (Å²) in [6, 6.07) is 0. The van der Waals surface area contributed by atoms with Gasteiger partial charge in [-0.3, -0.25) is 9.69 Å². The highest BCUT2D eigenvalue weighted by molar-refractivity contribution is 7.14. The van der Waals surface area contributed by atoms with Crippen LogP contribution in [-0.2, 0) is 9.53 Å². The quantitative estimate of drug-likeness (QED) is 0.626. The molecule has 1 aromatic rings. The maximum atomic E-state index is 12.4. The average molecular weight is 337 g/mol. The third kappa shape index (κ3) is 2.52. The molecule has 1 unspecified atom stereocenters. The van der Waals surface area contributed by atoms with Crippen molar-refractivity contribution in [3.05, 3.63) is 11.1 Å². The van der Waals surface area contributed by atoms with Gasteiger partial charge in [0.05, 0.1) is 12.0 Å². The van der Waals surface area contributed by atoms with E-state index in [0.29, 0.717) is 11.6 Å². The third-order valence-corrected chi connectivity index (χ3v) is 5.32. The minimum Gasteiger partial charge on any atom is -0.461 e. The number of carbonyl (C=O) groups is 2. The Hall–Kier alpha value is -0.850. The van der Waals surface area contributed by atoms with Crippen molar-refractivity contribution in [3.8, 4) is 0 Å². The van der Waals surface area contributed by atoms with Gasteiger partial charge in [0.15, 0.2) is 10.8 Å². The lowest BCUT2D eigenvalue weighted by molar-refractivity contribution is -0.122. The van der Waals surface area contributed by atoms with Crippen LogP contribution in [0.15, 0.2) is 5.38 Å². The lowest BCUT2D eigenvalue weighted by Crippen LogP contribution is -2.35. The van der Waals surface area contributed by atoms with Gasteiger partial charge in [-0.1, -0.05) is 0 Å². The maximum absolute atomic E-state index is 12.4. The van der Waals surface area contributed by atoms with E-state index in [1.54, 1.807) is 26.3 Å². The number of esters is 1. The summed E-state index contributed by atoms with van der Waals surface area (Å²) in [7, 11) is 1.59. The van der Waals surface area contributed by atoms with Crippen molar-refractivity contribution >= 4 is 51.5 Å². The number of nitrogens with zero attached hydrogens (tertiary/aromatic N) is 2. The zero-order valence-electron chi connectivity index (χ0n) is 11.3. The molecule has 1 aromatic heterocycles. The number of halogens is 2. The average Bonchev–Trinajstić information content (AvgIpc) is 2.79. The smallest absolute Gasteiger partial charge is 0.357 e. The summed E-state index contributed by atoms with van der Waals surface area (Å²) >= 11 is 13.2. The van der Waals surface area contributed by atoms with Crippen LogP contribution in [0.1, 0.15) is 30.8 Å². The van der Waals surface area contributed by atoms with E-state index in [-0.39, 0.29) is 18.2 Å². The molecular formula is C12H14Cl2N2O3S. The molecule has 1 amide bonds. The van der Waals surface area contributed by atoms with E-state index < -0.39 is 15.7 Å². The number of hydrogen-bond donors (Lipinski definition) is 0. The minimum absolute atomic E-state index is 0.190. The molecule has 8 heteroatoms. The molecule has 0 spiro atoms. The number of alkyl halides is 2. The Kier molecular flexibility index (Phi) is 4.01. The molecule has 2 rings (SSSR count). The highest BCUT2D eigenvalue weighted by atomic mass is 35.5. The van der Waals surface area contributed by atoms with Gasteiger partial charge in [0.1, 0.15) is 4.33 Å². The first-order valence-electron chi connectivity index (χ1n) is 6.01. The van der Waals surface area contributed by atoms with E-state index in [1.807, 2.05) is 0 Å². The molecule has 0 saturated heterocycles. The first kappa shape index (κ1) is 15.5. The van der Waals surface area contributed by atoms with Gasteiger partial charge < -0.3 is 4.74 Å². The molecule has 110 valence electrons. The molecule has 20 heavy (non-hydrogen) atoms. The Morgan fingerprint density at radius 2 is 2.15 bits per heavy atom. The van der Waals surface area contributed by atoms with Crippen LogP contribution in [-0.4, -0.2) is 34.8 Å². The third-order valence-electron chi connectivity index (χ3n) is 3.30. The number of hydrogen-bond acceptors (Lipinski definition) is 5. The lowest BCUT2D eigenvalue weighted by atomic mass is 10.1. The summed E-state index contributed by atoms with van der Waals surface area (Å²) in [5.41, 5.74) is -0.615. The number of amides is 1. The summed E-state index contributed by atoms with van der Waals surface area (Å²) in [4.78, 5) is 29.4. The van der Waals surface area contributed by atoms with Crippen LogP contribution < -0.4 is 4.90 Å². The van der Waals surface area contributed by atoms with Crippen molar-refractivity contribution in [2.75, 3.05) is 18.6 Å². The van der Waals surface area contributed by atoms with Crippen LogP contribution in [0.3, 0.4) is 0 Å². The highest BCUT2D eigenvalue weighted by Gasteiger charge is 2.68. The summed E-state index contributed by atoms with van der Waals surface area (Å²) in [5, 5.41) is 1.97. The van der Waals surface area contributed by atoms with Gasteiger partial charge in [-0.05, 0) is 20.3 Å². The van der Waals surface area contributed by atoms with Crippen molar-refractivity contribution in [3.63, 3.8) is 0 Å². The second-order valence-electron chi connectivity index (χ2n) is 4.81. The lowest BCUT2D eigenvalue weighted by Gasteiger charge is -2.19. The molecule has 5 nitrogen and oxygen atoms in total. The fourth-order valence-corrected chi connectivity index (χ4v) is 3.26. The number of ether oxygens (including phenoxy) is 1. The number of anilines is 1. The minimum atomic E-state index is -1.03. The van der Waals surface area contributed by atoms with Gasteiger partial charge in [0.2, 0.25) is 5.91 Å². The number of carbonyl (C=O) groups excluding carboxylic acids is 2. The summed E-state index contributed by atoms with van der Waals surface area (Å²) in [5.74, 6) is -0.718. The van der Waals surface area contributed by atoms with Crippen LogP contribution in [0, 0.1) is 5.41 Å². The molecular weight excluding hydrogens is 323 g/mol. The zero-order chi connectivity index (χ0) is 15.1. The molecule has 1 atom stereocenters. The zero-order valence-corrected chi connectivity index (χ0v) is 13.6. The first-order valence-corrected chi connectivity index (χ1v) is 7.65. The van der Waals surface area contributed by atoms with Gasteiger partial charge in [-0.2, -0.15) is 0 Å². The molecule has 0 aromatic carbocycles. The van der Waals surface area contributed by atoms with Gasteiger partial charge in [-0.25, -0.2) is 9.78 Å². The first-order chi connectivity index (χ1) is 9.23. The molecule has 1 aliphatic rings. The molecule has 0 aliphatic heterocycles. The van der Waals surface area contributed by atoms with Gasteiger partial charge in [0, 0.05) is 12.4 Å². The summed E-state index contributed by atoms with van der Waals surface area (Å²) in [6.07, 6.45) is 0.405. The van der Waals surface area contributed by atoms with Crippen LogP contribution in [0.4, 0.5) is 5.13 Å². The molecule has 0 bridgehead atoms. The van der Waals surface area contributed by atoms with Crippen molar-refractivity contribution < 1.29 is 14.3 Å². The Morgan fingerprint density at radius 1 is 1.55 bits per heavy atom. The fraction of sp³-hybridized carbons (Fsp3) is 0.583. The van der Waals surface area contributed by atoms with E-state index in [2.05, 4.69) is 4.98 Å². The van der Waals surface area contributed by atoms with Crippen molar-refractivity contribution in [2.45, 2.75) is 24.6 Å². The predicted octanol–water partition coefficient (Wildman–Crippen LogP) is 2.87. The maximum Gasteiger partial charge on any atom is 0.357 e. The van der Waals surface area contributed by atoms with Crippen LogP contribution in [0.25, 0.3) is 0 Å². The normalized spacial score (nSPS) is 23.2. The van der Waals surface area contributed by atoms with Gasteiger partial charge >= 0.3 is 5.97 Å². The van der Waals surface area contributed by atoms with E-state index >= 15 is 0 Å². The monoisotopic (exact) mass is 336 g/mol. The van der Waals surface area contributed by atoms with Crippen LogP contribution in [0.2, 0.25) is 0 Å². The fourth-order valence-electron chi connectivity index (χ4n) is 1.81. The van der Waals surface area contributed by atoms with E-state index in [4.69, 9.17) is 27.9 Å². The standard InChI is InChI=1S/C12H14Cl2N2O3S/c1-4-19-8(17)7-5-20-10(15-7)16(3)9(18)11(2)6-12(11,13)14/h5H,4,6H2,1-3H3. The van der Waals surface area contributed by atoms with Gasteiger partial charge in [-0.15, -0.1) is 34.5 Å². The molecule has 0 N–H and O–H groups in total. The van der Waals surface area contributed by atoms with Crippen molar-refractivity contribution in [1.82, 2.24) is 4.98 Å². The summed E-state index contributed by atoms with van der Waals surface area (Å²) in [6.45, 7) is 3.71. The summed E-state index contributed by atoms with van der Waals surface area (Å²) < 4.78 is 3.83. The van der Waals surface area contributed by atoms with Crippen molar-refractivity contribution in [2.24, 2.45) is 5.41 Å². The SMILES string of the molecule is CCOC(=O)c1csc(N(C)C(=O)C2(C)CC2(Cl)Cl)n1. The van der Waals surface area contributed by atoms with Crippen LogP contribution in [0.5, 0.6) is 0 Å². The highest BCUT2D eigenvalue weighted by Crippen LogP contribution is 2.64. The van der Waals surface area contributed by atoms with E-state index in [0.717, 1.165) is 0 Å². The Morgan fingerprint density at radius 3 is 2.65 bits per heavy atom. The second-order valence-corrected chi connectivity index (χ2v) is 7.13. The van der Waals surface area contributed by atoms with E-state index in [9.17, 15) is 9.59 Å². The van der Waals surface area contributed by atoms with E-state index in [1.165, 1.54) is 16.2 Å². The largest absolute Gasteiger partial charge is 0.461 e. The number of rotatable bonds is 4. The van der Waals surface area contributed by atoms with Crippen LogP contribution >= 0.6 is 34.5 Å². The Bertz CT molecular complexity index is 561. The second kappa shape index (κ2) is 5.16. The van der Waals surface area contributed by atoms with Gasteiger partial charge in [0.25, 0.3) is 0 Å². The molecule has 0 radical (unpaired) electrons. The number of aromatic nitrogens is 1. The Labute approximate surface area is 130 Å². The molecule has 1 fully saturated rings. The van der Waals surface area contributed by atoms with Crippen molar-refractivity contribution in [1.29, 1.82) is 0 Å². The predicted molar refractivity (Wildman–Crippen MR) is 78.6 cm³/mol. The topological polar surface area (TPSA) is 59.5 Å². The molecule has 1 heterocycles. The molecule has 1 aliphatic carbocycles. The Balaban J connectivity index is 2.13. The number of thiazole rings is 1.